The second kappa shape index (κ2) is 3.33. The summed E-state index contributed by atoms with van der Waals surface area (Å²) in [6.07, 6.45) is 4.39. The van der Waals surface area contributed by atoms with Gasteiger partial charge in [-0.05, 0) is 42.9 Å². The normalized spacial score (nSPS) is 15.0. The van der Waals surface area contributed by atoms with Crippen molar-refractivity contribution in [1.29, 1.82) is 0 Å². The van der Waals surface area contributed by atoms with Crippen LogP contribution in [0.2, 0.25) is 0 Å². The largest absolute Gasteiger partial charge is 0.316 e. The van der Waals surface area contributed by atoms with Crippen molar-refractivity contribution in [2.75, 3.05) is 0 Å². The Labute approximate surface area is 91.3 Å². The molecule has 1 aromatic heterocycles. The smallest absolute Gasteiger partial charge is 0.314 e. The average molecular weight is 216 g/mol. The first kappa shape index (κ1) is 9.39. The number of H-pyrrole nitrogens is 2. The first-order valence-electron chi connectivity index (χ1n) is 5.53. The second-order valence-corrected chi connectivity index (χ2v) is 4.24. The molecule has 1 aromatic carbocycles. The molecule has 0 aliphatic heterocycles. The minimum atomic E-state index is -0.580. The van der Waals surface area contributed by atoms with Crippen LogP contribution in [0.25, 0.3) is 11.0 Å². The van der Waals surface area contributed by atoms with Gasteiger partial charge in [0.25, 0.3) is 0 Å². The van der Waals surface area contributed by atoms with Gasteiger partial charge in [0.1, 0.15) is 0 Å². The van der Waals surface area contributed by atoms with E-state index >= 15 is 0 Å². The van der Waals surface area contributed by atoms with E-state index in [9.17, 15) is 9.59 Å². The number of aryl methyl sites for hydroxylation is 2. The molecule has 1 aliphatic carbocycles. The number of hydrogen-bond acceptors (Lipinski definition) is 2. The molecule has 0 spiro atoms. The van der Waals surface area contributed by atoms with Crippen molar-refractivity contribution in [1.82, 2.24) is 9.97 Å². The van der Waals surface area contributed by atoms with Crippen molar-refractivity contribution in [3.8, 4) is 0 Å². The van der Waals surface area contributed by atoms with Crippen LogP contribution >= 0.6 is 0 Å². The van der Waals surface area contributed by atoms with Gasteiger partial charge in [0, 0.05) is 0 Å². The number of benzene rings is 1. The zero-order chi connectivity index (χ0) is 11.1. The molecule has 0 saturated carbocycles. The molecular formula is C12H12N2O2. The summed E-state index contributed by atoms with van der Waals surface area (Å²) >= 11 is 0. The molecule has 0 atom stereocenters. The van der Waals surface area contributed by atoms with Crippen LogP contribution in [0.1, 0.15) is 24.0 Å². The Hall–Kier alpha value is -1.84. The molecule has 1 aliphatic rings. The minimum absolute atomic E-state index is 0.563. The summed E-state index contributed by atoms with van der Waals surface area (Å²) in [7, 11) is 0. The van der Waals surface area contributed by atoms with E-state index in [2.05, 4.69) is 9.97 Å². The highest BCUT2D eigenvalue weighted by molar-refractivity contribution is 5.79. The number of rotatable bonds is 0. The fourth-order valence-electron chi connectivity index (χ4n) is 2.42. The van der Waals surface area contributed by atoms with Crippen LogP contribution in [-0.4, -0.2) is 9.97 Å². The molecule has 82 valence electrons. The number of aromatic nitrogens is 2. The highest BCUT2D eigenvalue weighted by atomic mass is 16.2. The van der Waals surface area contributed by atoms with E-state index in [1.54, 1.807) is 0 Å². The summed E-state index contributed by atoms with van der Waals surface area (Å²) in [6.45, 7) is 0. The quantitative estimate of drug-likeness (QED) is 0.647. The van der Waals surface area contributed by atoms with Gasteiger partial charge in [-0.2, -0.15) is 0 Å². The van der Waals surface area contributed by atoms with Crippen molar-refractivity contribution in [3.63, 3.8) is 0 Å². The molecule has 0 amide bonds. The molecule has 2 N–H and O–H groups in total. The van der Waals surface area contributed by atoms with Gasteiger partial charge in [-0.25, -0.2) is 0 Å². The summed E-state index contributed by atoms with van der Waals surface area (Å²) < 4.78 is 0. The van der Waals surface area contributed by atoms with E-state index < -0.39 is 11.1 Å². The zero-order valence-electron chi connectivity index (χ0n) is 8.80. The highest BCUT2D eigenvalue weighted by Gasteiger charge is 2.13. The van der Waals surface area contributed by atoms with E-state index in [1.807, 2.05) is 12.1 Å². The first-order chi connectivity index (χ1) is 7.75. The second-order valence-electron chi connectivity index (χ2n) is 4.24. The van der Waals surface area contributed by atoms with Gasteiger partial charge in [-0.1, -0.05) is 6.07 Å². The Kier molecular flexibility index (Phi) is 1.96. The van der Waals surface area contributed by atoms with Gasteiger partial charge in [0.15, 0.2) is 0 Å². The Morgan fingerprint density at radius 1 is 0.938 bits per heavy atom. The Bertz CT molecular complexity index is 667. The van der Waals surface area contributed by atoms with E-state index in [4.69, 9.17) is 0 Å². The van der Waals surface area contributed by atoms with Crippen LogP contribution in [-0.2, 0) is 12.8 Å². The molecule has 0 unspecified atom stereocenters. The molecule has 16 heavy (non-hydrogen) atoms. The third kappa shape index (κ3) is 1.30. The van der Waals surface area contributed by atoms with Crippen LogP contribution in [0.5, 0.6) is 0 Å². The van der Waals surface area contributed by atoms with Crippen molar-refractivity contribution in [3.05, 3.63) is 44.0 Å². The predicted octanol–water partition coefficient (Wildman–Crippen LogP) is 1.10. The fraction of sp³-hybridized carbons (Fsp3) is 0.333. The summed E-state index contributed by atoms with van der Waals surface area (Å²) in [5, 5.41) is 0. The van der Waals surface area contributed by atoms with Crippen molar-refractivity contribution < 1.29 is 0 Å². The molecule has 4 nitrogen and oxygen atoms in total. The maximum atomic E-state index is 11.3. The Balaban J connectivity index is 2.43. The minimum Gasteiger partial charge on any atom is -0.316 e. The van der Waals surface area contributed by atoms with Crippen LogP contribution in [0, 0.1) is 0 Å². The van der Waals surface area contributed by atoms with Crippen LogP contribution in [0.3, 0.4) is 0 Å². The van der Waals surface area contributed by atoms with Crippen molar-refractivity contribution in [2.45, 2.75) is 25.7 Å². The molecule has 3 rings (SSSR count). The standard InChI is InChI=1S/C12H12N2O2/c15-11-12(16)14-10-8-4-2-1-3-7(8)5-6-9(10)13-11/h5-6H,1-4H2,(H,13,15)(H,14,16). The van der Waals surface area contributed by atoms with Gasteiger partial charge >= 0.3 is 11.1 Å². The third-order valence-electron chi connectivity index (χ3n) is 3.23. The van der Waals surface area contributed by atoms with E-state index in [1.165, 1.54) is 17.5 Å². The van der Waals surface area contributed by atoms with Gasteiger partial charge in [0.05, 0.1) is 11.0 Å². The predicted molar refractivity (Wildman–Crippen MR) is 61.8 cm³/mol. The van der Waals surface area contributed by atoms with E-state index in [0.717, 1.165) is 30.3 Å². The summed E-state index contributed by atoms with van der Waals surface area (Å²) in [5.74, 6) is 0. The number of nitrogens with one attached hydrogen (secondary N) is 2. The molecule has 0 saturated heterocycles. The lowest BCUT2D eigenvalue weighted by atomic mass is 9.90. The average Bonchev–Trinajstić information content (AvgIpc) is 2.31. The summed E-state index contributed by atoms with van der Waals surface area (Å²) in [5.41, 5.74) is 2.88. The van der Waals surface area contributed by atoms with Crippen LogP contribution in [0.15, 0.2) is 21.7 Å². The number of fused-ring (bicyclic) bond motifs is 3. The monoisotopic (exact) mass is 216 g/mol. The number of hydrogen-bond donors (Lipinski definition) is 2. The molecular weight excluding hydrogens is 204 g/mol. The van der Waals surface area contributed by atoms with Gasteiger partial charge in [-0.3, -0.25) is 9.59 Å². The topological polar surface area (TPSA) is 65.7 Å². The van der Waals surface area contributed by atoms with E-state index in [-0.39, 0.29) is 0 Å². The Morgan fingerprint density at radius 2 is 1.69 bits per heavy atom. The van der Waals surface area contributed by atoms with Crippen molar-refractivity contribution >= 4 is 11.0 Å². The molecule has 0 bridgehead atoms. The maximum Gasteiger partial charge on any atom is 0.314 e. The molecule has 0 radical (unpaired) electrons. The highest BCUT2D eigenvalue weighted by Crippen LogP contribution is 2.25. The lowest BCUT2D eigenvalue weighted by molar-refractivity contribution is 0.688. The lowest BCUT2D eigenvalue weighted by Crippen LogP contribution is -2.29. The summed E-state index contributed by atoms with van der Waals surface area (Å²) in [6, 6.07) is 3.92. The molecule has 1 heterocycles. The van der Waals surface area contributed by atoms with Crippen molar-refractivity contribution in [2.24, 2.45) is 0 Å². The van der Waals surface area contributed by atoms with E-state index in [0.29, 0.717) is 0 Å². The van der Waals surface area contributed by atoms with Gasteiger partial charge in [-0.15, -0.1) is 0 Å². The lowest BCUT2D eigenvalue weighted by Gasteiger charge is -2.16. The molecule has 2 aromatic rings. The first-order valence-corrected chi connectivity index (χ1v) is 5.53. The van der Waals surface area contributed by atoms with Crippen LogP contribution < -0.4 is 11.1 Å². The summed E-state index contributed by atoms with van der Waals surface area (Å²) in [4.78, 5) is 27.8. The van der Waals surface area contributed by atoms with Gasteiger partial charge in [0.2, 0.25) is 0 Å². The molecule has 0 fully saturated rings. The third-order valence-corrected chi connectivity index (χ3v) is 3.23. The van der Waals surface area contributed by atoms with Gasteiger partial charge < -0.3 is 9.97 Å². The number of aromatic amines is 2. The Morgan fingerprint density at radius 3 is 2.56 bits per heavy atom. The van der Waals surface area contributed by atoms with Crippen LogP contribution in [0.4, 0.5) is 0 Å². The fourth-order valence-corrected chi connectivity index (χ4v) is 2.42. The maximum absolute atomic E-state index is 11.3. The molecule has 4 heteroatoms. The zero-order valence-corrected chi connectivity index (χ0v) is 8.80. The SMILES string of the molecule is O=c1[nH]c2ccc3c(c2[nH]c1=O)CCCC3.